The fraction of sp³-hybridized carbons (Fsp3) is 0.533. The van der Waals surface area contributed by atoms with Gasteiger partial charge in [-0.2, -0.15) is 0 Å². The van der Waals surface area contributed by atoms with E-state index in [-0.39, 0.29) is 35.8 Å². The van der Waals surface area contributed by atoms with Gasteiger partial charge < -0.3 is 11.1 Å². The standard InChI is InChI=1S/C15H20F2N2O.ClH/c16-12-6-4-5-11(14(12)17)9-13(20)19-10-15(18)7-2-1-3-8-15;/h4-6H,1-3,7-10,18H2,(H,19,20);1H. The Morgan fingerprint density at radius 2 is 1.90 bits per heavy atom. The van der Waals surface area contributed by atoms with E-state index in [2.05, 4.69) is 5.32 Å². The summed E-state index contributed by atoms with van der Waals surface area (Å²) in [5, 5.41) is 2.73. The molecule has 0 unspecified atom stereocenters. The summed E-state index contributed by atoms with van der Waals surface area (Å²) in [7, 11) is 0. The Morgan fingerprint density at radius 3 is 2.57 bits per heavy atom. The van der Waals surface area contributed by atoms with Crippen LogP contribution in [0.1, 0.15) is 37.7 Å². The number of benzene rings is 1. The van der Waals surface area contributed by atoms with Crippen molar-refractivity contribution in [2.75, 3.05) is 6.54 Å². The van der Waals surface area contributed by atoms with Crippen LogP contribution in [-0.4, -0.2) is 18.0 Å². The molecule has 1 amide bonds. The van der Waals surface area contributed by atoms with Crippen LogP contribution >= 0.6 is 12.4 Å². The first kappa shape index (κ1) is 17.9. The van der Waals surface area contributed by atoms with E-state index >= 15 is 0 Å². The van der Waals surface area contributed by atoms with Crippen molar-refractivity contribution in [1.82, 2.24) is 5.32 Å². The molecule has 0 saturated heterocycles. The lowest BCUT2D eigenvalue weighted by Gasteiger charge is -2.33. The Labute approximate surface area is 129 Å². The summed E-state index contributed by atoms with van der Waals surface area (Å²) in [4.78, 5) is 11.8. The van der Waals surface area contributed by atoms with Gasteiger partial charge in [-0.15, -0.1) is 12.4 Å². The fourth-order valence-electron chi connectivity index (χ4n) is 2.63. The van der Waals surface area contributed by atoms with Crippen molar-refractivity contribution in [1.29, 1.82) is 0 Å². The third-order valence-corrected chi connectivity index (χ3v) is 3.87. The highest BCUT2D eigenvalue weighted by Crippen LogP contribution is 2.25. The number of amides is 1. The van der Waals surface area contributed by atoms with Crippen molar-refractivity contribution in [3.8, 4) is 0 Å². The molecule has 1 fully saturated rings. The average Bonchev–Trinajstić information content (AvgIpc) is 2.43. The van der Waals surface area contributed by atoms with Crippen LogP contribution in [0, 0.1) is 11.6 Å². The molecule has 1 aliphatic rings. The number of carbonyl (C=O) groups excluding carboxylic acids is 1. The van der Waals surface area contributed by atoms with Gasteiger partial charge in [-0.05, 0) is 18.9 Å². The highest BCUT2D eigenvalue weighted by molar-refractivity contribution is 5.85. The molecule has 1 saturated carbocycles. The van der Waals surface area contributed by atoms with Gasteiger partial charge in [-0.25, -0.2) is 8.78 Å². The van der Waals surface area contributed by atoms with Crippen molar-refractivity contribution >= 4 is 18.3 Å². The Bertz CT molecular complexity index is 491. The second kappa shape index (κ2) is 7.71. The molecule has 6 heteroatoms. The fourth-order valence-corrected chi connectivity index (χ4v) is 2.63. The first-order valence-corrected chi connectivity index (χ1v) is 6.99. The zero-order valence-corrected chi connectivity index (χ0v) is 12.6. The van der Waals surface area contributed by atoms with Crippen molar-refractivity contribution in [2.45, 2.75) is 44.1 Å². The molecule has 3 nitrogen and oxygen atoms in total. The van der Waals surface area contributed by atoms with E-state index in [1.165, 1.54) is 18.6 Å². The second-order valence-corrected chi connectivity index (χ2v) is 5.59. The minimum atomic E-state index is -0.956. The monoisotopic (exact) mass is 318 g/mol. The molecule has 0 heterocycles. The zero-order chi connectivity index (χ0) is 14.6. The van der Waals surface area contributed by atoms with Gasteiger partial charge in [0, 0.05) is 17.6 Å². The Kier molecular flexibility index (Phi) is 6.55. The molecule has 0 aromatic heterocycles. The van der Waals surface area contributed by atoms with E-state index < -0.39 is 11.6 Å². The summed E-state index contributed by atoms with van der Waals surface area (Å²) in [6.07, 6.45) is 4.94. The third-order valence-electron chi connectivity index (χ3n) is 3.87. The molecule has 2 rings (SSSR count). The van der Waals surface area contributed by atoms with Crippen LogP contribution in [-0.2, 0) is 11.2 Å². The third kappa shape index (κ3) is 4.93. The maximum atomic E-state index is 13.5. The van der Waals surface area contributed by atoms with E-state index in [0.29, 0.717) is 6.54 Å². The van der Waals surface area contributed by atoms with Gasteiger partial charge in [-0.3, -0.25) is 4.79 Å². The summed E-state index contributed by atoms with van der Waals surface area (Å²) in [5.41, 5.74) is 5.92. The smallest absolute Gasteiger partial charge is 0.224 e. The number of hydrogen-bond donors (Lipinski definition) is 2. The number of nitrogens with one attached hydrogen (secondary N) is 1. The number of rotatable bonds is 4. The molecule has 118 valence electrons. The molecule has 0 radical (unpaired) electrons. The quantitative estimate of drug-likeness (QED) is 0.897. The summed E-state index contributed by atoms with van der Waals surface area (Å²) < 4.78 is 26.5. The molecular formula is C15H21ClF2N2O. The summed E-state index contributed by atoms with van der Waals surface area (Å²) in [5.74, 6) is -2.22. The minimum absolute atomic E-state index is 0. The predicted molar refractivity (Wildman–Crippen MR) is 80.3 cm³/mol. The summed E-state index contributed by atoms with van der Waals surface area (Å²) in [6.45, 7) is 0.392. The SMILES string of the molecule is Cl.NC1(CNC(=O)Cc2cccc(F)c2F)CCCCC1. The summed E-state index contributed by atoms with van der Waals surface area (Å²) >= 11 is 0. The maximum absolute atomic E-state index is 13.5. The van der Waals surface area contributed by atoms with Crippen LogP contribution < -0.4 is 11.1 Å². The molecule has 1 aromatic rings. The van der Waals surface area contributed by atoms with Gasteiger partial charge in [0.25, 0.3) is 0 Å². The first-order chi connectivity index (χ1) is 9.50. The molecule has 0 bridgehead atoms. The Balaban J connectivity index is 0.00000220. The van der Waals surface area contributed by atoms with Crippen LogP contribution in [0.4, 0.5) is 8.78 Å². The maximum Gasteiger partial charge on any atom is 0.224 e. The van der Waals surface area contributed by atoms with Crippen molar-refractivity contribution < 1.29 is 13.6 Å². The topological polar surface area (TPSA) is 55.1 Å². The number of halogens is 3. The van der Waals surface area contributed by atoms with Crippen molar-refractivity contribution in [3.05, 3.63) is 35.4 Å². The highest BCUT2D eigenvalue weighted by Gasteiger charge is 2.27. The van der Waals surface area contributed by atoms with Crippen LogP contribution in [0.5, 0.6) is 0 Å². The van der Waals surface area contributed by atoms with E-state index in [1.54, 1.807) is 0 Å². The minimum Gasteiger partial charge on any atom is -0.354 e. The normalized spacial score (nSPS) is 16.9. The molecule has 0 aliphatic heterocycles. The Morgan fingerprint density at radius 1 is 1.24 bits per heavy atom. The van der Waals surface area contributed by atoms with Gasteiger partial charge in [0.1, 0.15) is 0 Å². The van der Waals surface area contributed by atoms with Crippen LogP contribution in [0.15, 0.2) is 18.2 Å². The zero-order valence-electron chi connectivity index (χ0n) is 11.8. The van der Waals surface area contributed by atoms with Gasteiger partial charge in [0.15, 0.2) is 11.6 Å². The molecule has 21 heavy (non-hydrogen) atoms. The second-order valence-electron chi connectivity index (χ2n) is 5.59. The molecule has 0 atom stereocenters. The molecular weight excluding hydrogens is 298 g/mol. The van der Waals surface area contributed by atoms with E-state index in [4.69, 9.17) is 5.73 Å². The highest BCUT2D eigenvalue weighted by atomic mass is 35.5. The Hall–Kier alpha value is -1.20. The van der Waals surface area contributed by atoms with Gasteiger partial charge in [0.2, 0.25) is 5.91 Å². The lowest BCUT2D eigenvalue weighted by atomic mass is 9.82. The van der Waals surface area contributed by atoms with E-state index in [0.717, 1.165) is 31.7 Å². The average molecular weight is 319 g/mol. The van der Waals surface area contributed by atoms with Crippen LogP contribution in [0.3, 0.4) is 0 Å². The van der Waals surface area contributed by atoms with Gasteiger partial charge >= 0.3 is 0 Å². The largest absolute Gasteiger partial charge is 0.354 e. The molecule has 0 spiro atoms. The molecule has 1 aromatic carbocycles. The van der Waals surface area contributed by atoms with Crippen molar-refractivity contribution in [3.63, 3.8) is 0 Å². The lowest BCUT2D eigenvalue weighted by molar-refractivity contribution is -0.120. The number of carbonyl (C=O) groups is 1. The van der Waals surface area contributed by atoms with Crippen molar-refractivity contribution in [2.24, 2.45) is 5.73 Å². The van der Waals surface area contributed by atoms with E-state index in [9.17, 15) is 13.6 Å². The lowest BCUT2D eigenvalue weighted by Crippen LogP contribution is -2.51. The molecule has 1 aliphatic carbocycles. The number of nitrogens with two attached hydrogens (primary N) is 1. The summed E-state index contributed by atoms with van der Waals surface area (Å²) in [6, 6.07) is 3.84. The molecule has 3 N–H and O–H groups in total. The predicted octanol–water partition coefficient (Wildman–Crippen LogP) is 2.71. The first-order valence-electron chi connectivity index (χ1n) is 6.99. The van der Waals surface area contributed by atoms with E-state index in [1.807, 2.05) is 0 Å². The van der Waals surface area contributed by atoms with Crippen LogP contribution in [0.2, 0.25) is 0 Å². The van der Waals surface area contributed by atoms with Gasteiger partial charge in [-0.1, -0.05) is 31.4 Å². The van der Waals surface area contributed by atoms with Gasteiger partial charge in [0.05, 0.1) is 6.42 Å². The number of hydrogen-bond acceptors (Lipinski definition) is 2. The van der Waals surface area contributed by atoms with Crippen LogP contribution in [0.25, 0.3) is 0 Å².